The first kappa shape index (κ1) is 18.3. The van der Waals surface area contributed by atoms with Gasteiger partial charge >= 0.3 is 0 Å². The lowest BCUT2D eigenvalue weighted by molar-refractivity contribution is 0.312. The quantitative estimate of drug-likeness (QED) is 0.598. The molecule has 3 heterocycles. The van der Waals surface area contributed by atoms with Crippen molar-refractivity contribution in [2.24, 2.45) is 5.41 Å². The van der Waals surface area contributed by atoms with E-state index in [1.165, 1.54) is 11.6 Å². The second kappa shape index (κ2) is 6.85. The third kappa shape index (κ3) is 3.67. The minimum atomic E-state index is -0.555. The number of aromatic nitrogens is 5. The van der Waals surface area contributed by atoms with Gasteiger partial charge in [-0.1, -0.05) is 13.8 Å². The second-order valence-electron chi connectivity index (χ2n) is 8.12. The van der Waals surface area contributed by atoms with Crippen molar-refractivity contribution in [3.05, 3.63) is 46.9 Å². The fourth-order valence-corrected chi connectivity index (χ4v) is 3.64. The van der Waals surface area contributed by atoms with Crippen LogP contribution in [0.5, 0.6) is 0 Å². The maximum atomic E-state index is 14.2. The molecule has 3 aromatic heterocycles. The molecule has 4 rings (SSSR count). The number of anilines is 2. The first-order valence-electron chi connectivity index (χ1n) is 9.37. The van der Waals surface area contributed by atoms with Crippen LogP contribution in [0, 0.1) is 18.3 Å². The molecule has 0 fully saturated rings. The number of aromatic amines is 1. The Hall–Kier alpha value is -3.03. The van der Waals surface area contributed by atoms with Crippen molar-refractivity contribution in [2.75, 3.05) is 11.1 Å². The molecular weight excluding hydrogens is 357 g/mol. The Labute approximate surface area is 163 Å². The lowest BCUT2D eigenvalue weighted by Crippen LogP contribution is -2.21. The molecule has 0 atom stereocenters. The van der Waals surface area contributed by atoms with Gasteiger partial charge in [0.1, 0.15) is 17.5 Å². The van der Waals surface area contributed by atoms with E-state index in [4.69, 9.17) is 5.73 Å². The summed E-state index contributed by atoms with van der Waals surface area (Å²) < 4.78 is 14.2. The predicted molar refractivity (Wildman–Crippen MR) is 106 cm³/mol. The molecule has 8 heteroatoms. The van der Waals surface area contributed by atoms with Crippen LogP contribution in [0.15, 0.2) is 18.3 Å². The van der Waals surface area contributed by atoms with Gasteiger partial charge in [-0.15, -0.1) is 0 Å². The predicted octanol–water partition coefficient (Wildman–Crippen LogP) is 3.42. The van der Waals surface area contributed by atoms with Gasteiger partial charge in [-0.2, -0.15) is 9.49 Å². The Morgan fingerprint density at radius 2 is 2.11 bits per heavy atom. The average Bonchev–Trinajstić information content (AvgIpc) is 3.02. The second-order valence-corrected chi connectivity index (χ2v) is 8.12. The van der Waals surface area contributed by atoms with E-state index in [2.05, 4.69) is 44.3 Å². The molecule has 7 nitrogen and oxygen atoms in total. The number of rotatable bonds is 4. The minimum Gasteiger partial charge on any atom is -0.383 e. The molecule has 0 aromatic carbocycles. The number of pyridine rings is 1. The highest BCUT2D eigenvalue weighted by atomic mass is 19.1. The van der Waals surface area contributed by atoms with E-state index in [9.17, 15) is 4.39 Å². The number of nitrogens with one attached hydrogen (secondary N) is 2. The molecule has 3 aromatic rings. The molecule has 28 heavy (non-hydrogen) atoms. The summed E-state index contributed by atoms with van der Waals surface area (Å²) in [6.07, 6.45) is 4.62. The SMILES string of the molecule is Cc1ncc(CNc2cc(-c3n[nH]c4c3CCC(C)(C)C4)cc(F)n2)c(N)n1. The van der Waals surface area contributed by atoms with E-state index >= 15 is 0 Å². The highest BCUT2D eigenvalue weighted by Crippen LogP contribution is 2.38. The molecule has 0 amide bonds. The number of H-pyrrole nitrogens is 1. The van der Waals surface area contributed by atoms with Gasteiger partial charge < -0.3 is 11.1 Å². The fraction of sp³-hybridized carbons (Fsp3) is 0.400. The molecule has 0 aliphatic heterocycles. The van der Waals surface area contributed by atoms with E-state index in [-0.39, 0.29) is 5.41 Å². The number of hydrogen-bond donors (Lipinski definition) is 3. The maximum Gasteiger partial charge on any atom is 0.215 e. The van der Waals surface area contributed by atoms with Crippen LogP contribution >= 0.6 is 0 Å². The molecule has 0 radical (unpaired) electrons. The Balaban J connectivity index is 1.59. The zero-order chi connectivity index (χ0) is 19.9. The number of nitrogen functional groups attached to an aromatic ring is 1. The van der Waals surface area contributed by atoms with Crippen LogP contribution < -0.4 is 11.1 Å². The molecule has 0 spiro atoms. The van der Waals surface area contributed by atoms with Crippen LogP contribution in [0.1, 0.15) is 42.9 Å². The van der Waals surface area contributed by atoms with Gasteiger partial charge in [0.15, 0.2) is 0 Å². The topological polar surface area (TPSA) is 105 Å². The summed E-state index contributed by atoms with van der Waals surface area (Å²) in [4.78, 5) is 12.2. The molecule has 0 saturated heterocycles. The van der Waals surface area contributed by atoms with E-state index in [0.717, 1.165) is 36.2 Å². The van der Waals surface area contributed by atoms with Crippen LogP contribution in [-0.4, -0.2) is 25.1 Å². The summed E-state index contributed by atoms with van der Waals surface area (Å²) in [5, 5.41) is 10.7. The first-order valence-corrected chi connectivity index (χ1v) is 9.37. The van der Waals surface area contributed by atoms with Gasteiger partial charge in [-0.3, -0.25) is 5.10 Å². The molecule has 1 aliphatic carbocycles. The van der Waals surface area contributed by atoms with E-state index in [1.807, 2.05) is 6.07 Å². The fourth-order valence-electron chi connectivity index (χ4n) is 3.64. The lowest BCUT2D eigenvalue weighted by atomic mass is 9.76. The highest BCUT2D eigenvalue weighted by molar-refractivity contribution is 5.67. The van der Waals surface area contributed by atoms with E-state index < -0.39 is 5.95 Å². The van der Waals surface area contributed by atoms with Gasteiger partial charge in [0.25, 0.3) is 0 Å². The van der Waals surface area contributed by atoms with E-state index in [1.54, 1.807) is 13.1 Å². The first-order chi connectivity index (χ1) is 13.3. The van der Waals surface area contributed by atoms with Gasteiger partial charge in [-0.05, 0) is 37.7 Å². The van der Waals surface area contributed by atoms with Crippen molar-refractivity contribution >= 4 is 11.6 Å². The molecule has 0 unspecified atom stereocenters. The number of nitrogens with two attached hydrogens (primary N) is 1. The van der Waals surface area contributed by atoms with E-state index in [0.29, 0.717) is 29.6 Å². The van der Waals surface area contributed by atoms with Crippen LogP contribution in [0.4, 0.5) is 16.0 Å². The summed E-state index contributed by atoms with van der Waals surface area (Å²) in [6.45, 7) is 6.64. The molecule has 0 saturated carbocycles. The summed E-state index contributed by atoms with van der Waals surface area (Å²) in [5.74, 6) is 0.878. The van der Waals surface area contributed by atoms with Crippen molar-refractivity contribution in [1.29, 1.82) is 0 Å². The van der Waals surface area contributed by atoms with Crippen LogP contribution in [0.2, 0.25) is 0 Å². The maximum absolute atomic E-state index is 14.2. The normalized spacial score (nSPS) is 15.3. The van der Waals surface area contributed by atoms with Crippen LogP contribution in [0.25, 0.3) is 11.3 Å². The number of fused-ring (bicyclic) bond motifs is 1. The van der Waals surface area contributed by atoms with Crippen molar-refractivity contribution in [3.63, 3.8) is 0 Å². The minimum absolute atomic E-state index is 0.253. The highest BCUT2D eigenvalue weighted by Gasteiger charge is 2.29. The lowest BCUT2D eigenvalue weighted by Gasteiger charge is -2.29. The Bertz CT molecular complexity index is 1030. The van der Waals surface area contributed by atoms with Gasteiger partial charge in [0, 0.05) is 41.2 Å². The Morgan fingerprint density at radius 1 is 1.29 bits per heavy atom. The molecular formula is C20H24FN7. The molecule has 146 valence electrons. The Morgan fingerprint density at radius 3 is 2.89 bits per heavy atom. The number of halogens is 1. The number of nitrogens with zero attached hydrogens (tertiary/aromatic N) is 4. The summed E-state index contributed by atoms with van der Waals surface area (Å²) in [5.41, 5.74) is 10.7. The van der Waals surface area contributed by atoms with Crippen LogP contribution in [0.3, 0.4) is 0 Å². The van der Waals surface area contributed by atoms with Gasteiger partial charge in [0.2, 0.25) is 5.95 Å². The van der Waals surface area contributed by atoms with Crippen molar-refractivity contribution < 1.29 is 4.39 Å². The average molecular weight is 381 g/mol. The zero-order valence-electron chi connectivity index (χ0n) is 16.3. The summed E-state index contributed by atoms with van der Waals surface area (Å²) >= 11 is 0. The summed E-state index contributed by atoms with van der Waals surface area (Å²) in [6, 6.07) is 3.23. The van der Waals surface area contributed by atoms with Gasteiger partial charge in [-0.25, -0.2) is 15.0 Å². The standard InChI is InChI=1S/C20H24FN7/c1-11-23-9-13(19(22)25-11)10-24-17-7-12(6-16(21)26-17)18-14-4-5-20(2,3)8-15(14)27-28-18/h6-7,9H,4-5,8,10H2,1-3H3,(H,24,26)(H,27,28)(H2,22,23,25). The number of hydrogen-bond acceptors (Lipinski definition) is 6. The van der Waals surface area contributed by atoms with Crippen molar-refractivity contribution in [2.45, 2.75) is 46.6 Å². The van der Waals surface area contributed by atoms with Crippen LogP contribution in [-0.2, 0) is 19.4 Å². The Kier molecular flexibility index (Phi) is 4.49. The molecule has 0 bridgehead atoms. The zero-order valence-corrected chi connectivity index (χ0v) is 16.3. The van der Waals surface area contributed by atoms with Crippen molar-refractivity contribution in [1.82, 2.24) is 25.1 Å². The smallest absolute Gasteiger partial charge is 0.215 e. The van der Waals surface area contributed by atoms with Gasteiger partial charge in [0.05, 0.1) is 5.69 Å². The summed E-state index contributed by atoms with van der Waals surface area (Å²) in [7, 11) is 0. The monoisotopic (exact) mass is 381 g/mol. The number of aryl methyl sites for hydroxylation is 1. The largest absolute Gasteiger partial charge is 0.383 e. The third-order valence-electron chi connectivity index (χ3n) is 5.21. The third-order valence-corrected chi connectivity index (χ3v) is 5.21. The molecule has 1 aliphatic rings. The molecule has 4 N–H and O–H groups in total. The van der Waals surface area contributed by atoms with Crippen molar-refractivity contribution in [3.8, 4) is 11.3 Å².